The molecule has 2 aromatic carbocycles. The van der Waals surface area contributed by atoms with Crippen LogP contribution in [0.25, 0.3) is 0 Å². The molecular formula is C34H45NO10. The molecule has 45 heavy (non-hydrogen) atoms. The van der Waals surface area contributed by atoms with Crippen LogP contribution in [0.4, 0.5) is 4.79 Å². The minimum absolute atomic E-state index is 0.0181. The first kappa shape index (κ1) is 36.8. The van der Waals surface area contributed by atoms with Crippen LogP contribution in [-0.2, 0) is 35.0 Å². The quantitative estimate of drug-likeness (QED) is 0.195. The van der Waals surface area contributed by atoms with Crippen molar-refractivity contribution in [2.45, 2.75) is 93.4 Å². The first-order valence-corrected chi connectivity index (χ1v) is 14.7. The van der Waals surface area contributed by atoms with Gasteiger partial charge in [0, 0.05) is 6.42 Å². The van der Waals surface area contributed by atoms with E-state index in [9.17, 15) is 24.0 Å². The fraction of sp³-hybridized carbons (Fsp3) is 0.500. The molecule has 0 heterocycles. The Morgan fingerprint density at radius 3 is 1.84 bits per heavy atom. The van der Waals surface area contributed by atoms with Gasteiger partial charge in [-0.1, -0.05) is 24.3 Å². The van der Waals surface area contributed by atoms with Crippen molar-refractivity contribution in [3.05, 3.63) is 59.7 Å². The number of rotatable bonds is 10. The Hall–Kier alpha value is -4.41. The second-order valence-corrected chi connectivity index (χ2v) is 13.7. The average Bonchev–Trinajstić information content (AvgIpc) is 2.91. The largest absolute Gasteiger partial charge is 0.460 e. The Kier molecular flexibility index (Phi) is 12.3. The Bertz CT molecular complexity index is 1360. The number of benzene rings is 2. The number of carbonyl (C=O) groups excluding carboxylic acids is 5. The van der Waals surface area contributed by atoms with E-state index in [0.29, 0.717) is 11.1 Å². The second-order valence-electron chi connectivity index (χ2n) is 13.7. The minimum Gasteiger partial charge on any atom is -0.460 e. The van der Waals surface area contributed by atoms with Crippen LogP contribution >= 0.6 is 0 Å². The van der Waals surface area contributed by atoms with Gasteiger partial charge in [0.2, 0.25) is 0 Å². The summed E-state index contributed by atoms with van der Waals surface area (Å²) >= 11 is 0. The lowest BCUT2D eigenvalue weighted by molar-refractivity contribution is -0.149. The third-order valence-electron chi connectivity index (χ3n) is 5.83. The maximum absolute atomic E-state index is 13.2. The first-order valence-electron chi connectivity index (χ1n) is 14.7. The molecule has 0 saturated carbocycles. The third-order valence-corrected chi connectivity index (χ3v) is 5.83. The zero-order chi connectivity index (χ0) is 34.2. The van der Waals surface area contributed by atoms with Crippen LogP contribution in [0.2, 0.25) is 0 Å². The molecule has 0 saturated heterocycles. The lowest BCUT2D eigenvalue weighted by Crippen LogP contribution is -2.46. The molecule has 0 aliphatic rings. The molecule has 246 valence electrons. The summed E-state index contributed by atoms with van der Waals surface area (Å²) < 4.78 is 27.3. The van der Waals surface area contributed by atoms with Gasteiger partial charge in [-0.25, -0.2) is 14.4 Å². The average molecular weight is 628 g/mol. The summed E-state index contributed by atoms with van der Waals surface area (Å²) in [4.78, 5) is 63.6. The van der Waals surface area contributed by atoms with Gasteiger partial charge in [0.05, 0.1) is 16.4 Å². The van der Waals surface area contributed by atoms with Crippen molar-refractivity contribution in [3.8, 4) is 11.5 Å². The summed E-state index contributed by atoms with van der Waals surface area (Å²) in [6.07, 6.45) is -1.75. The van der Waals surface area contributed by atoms with Crippen LogP contribution in [0.1, 0.15) is 85.2 Å². The number of nitrogens with one attached hydrogen (secondary N) is 1. The normalized spacial score (nSPS) is 13.1. The van der Waals surface area contributed by atoms with Crippen LogP contribution in [0.5, 0.6) is 11.5 Å². The van der Waals surface area contributed by atoms with Crippen LogP contribution in [-0.4, -0.2) is 54.3 Å². The topological polar surface area (TPSA) is 144 Å². The molecule has 11 heteroatoms. The predicted octanol–water partition coefficient (Wildman–Crippen LogP) is 5.81. The van der Waals surface area contributed by atoms with Gasteiger partial charge in [-0.15, -0.1) is 0 Å². The van der Waals surface area contributed by atoms with Gasteiger partial charge in [0.15, 0.2) is 11.5 Å². The number of hydrogen-bond acceptors (Lipinski definition) is 10. The number of hydrogen-bond donors (Lipinski definition) is 1. The van der Waals surface area contributed by atoms with Crippen LogP contribution in [0, 0.1) is 10.8 Å². The van der Waals surface area contributed by atoms with Gasteiger partial charge in [-0.2, -0.15) is 0 Å². The van der Waals surface area contributed by atoms with Gasteiger partial charge >= 0.3 is 30.0 Å². The van der Waals surface area contributed by atoms with E-state index in [1.54, 1.807) is 106 Å². The summed E-state index contributed by atoms with van der Waals surface area (Å²) in [6, 6.07) is 11.6. The van der Waals surface area contributed by atoms with E-state index < -0.39 is 58.5 Å². The molecule has 1 amide bonds. The van der Waals surface area contributed by atoms with Crippen molar-refractivity contribution in [1.29, 1.82) is 0 Å². The molecule has 0 radical (unpaired) electrons. The lowest BCUT2D eigenvalue weighted by Gasteiger charge is -2.24. The Morgan fingerprint density at radius 1 is 0.756 bits per heavy atom. The van der Waals surface area contributed by atoms with Gasteiger partial charge in [0.25, 0.3) is 0 Å². The Morgan fingerprint density at radius 2 is 1.31 bits per heavy atom. The minimum atomic E-state index is -1.24. The van der Waals surface area contributed by atoms with Crippen LogP contribution in [0.3, 0.4) is 0 Å². The van der Waals surface area contributed by atoms with Gasteiger partial charge < -0.3 is 29.0 Å². The van der Waals surface area contributed by atoms with Crippen molar-refractivity contribution in [2.24, 2.45) is 10.8 Å². The molecule has 0 spiro atoms. The summed E-state index contributed by atoms with van der Waals surface area (Å²) in [5.41, 5.74) is -1.75. The first-order chi connectivity index (χ1) is 20.7. The molecule has 0 aliphatic heterocycles. The standard InChI is InChI=1S/C34H45NO10/c1-21(42-27(36)23-14-12-11-13-15-23)20-41-28(37)24(35-31(40)45-34(8,9)10)18-22-16-17-25(43-29(38)32(2,3)4)26(19-22)44-30(39)33(5,6)7/h11-17,19,21,24H,18,20H2,1-10H3,(H,35,40)/t21-,24+/m1/s1. The molecule has 0 bridgehead atoms. The van der Waals surface area contributed by atoms with E-state index >= 15 is 0 Å². The monoisotopic (exact) mass is 627 g/mol. The molecule has 1 N–H and O–H groups in total. The maximum atomic E-state index is 13.2. The molecule has 0 fully saturated rings. The molecule has 11 nitrogen and oxygen atoms in total. The van der Waals surface area contributed by atoms with E-state index in [1.165, 1.54) is 12.1 Å². The van der Waals surface area contributed by atoms with Crippen molar-refractivity contribution in [3.63, 3.8) is 0 Å². The van der Waals surface area contributed by atoms with Gasteiger partial charge in [-0.05, 0) is 99.1 Å². The highest BCUT2D eigenvalue weighted by Gasteiger charge is 2.30. The molecule has 2 atom stereocenters. The van der Waals surface area contributed by atoms with E-state index in [2.05, 4.69) is 5.32 Å². The van der Waals surface area contributed by atoms with Gasteiger partial charge in [0.1, 0.15) is 24.4 Å². The van der Waals surface area contributed by atoms with Crippen molar-refractivity contribution in [1.82, 2.24) is 5.32 Å². The SMILES string of the molecule is C[C@H](COC(=O)[C@H](Cc1ccc(OC(=O)C(C)(C)C)c(OC(=O)C(C)(C)C)c1)NC(=O)OC(C)(C)C)OC(=O)c1ccccc1. The molecule has 0 aliphatic carbocycles. The van der Waals surface area contributed by atoms with Crippen molar-refractivity contribution in [2.75, 3.05) is 6.61 Å². The third kappa shape index (κ3) is 12.6. The molecule has 2 rings (SSSR count). The number of alkyl carbamates (subject to hydrolysis) is 1. The van der Waals surface area contributed by atoms with E-state index in [1.807, 2.05) is 0 Å². The zero-order valence-corrected chi connectivity index (χ0v) is 27.8. The van der Waals surface area contributed by atoms with Crippen molar-refractivity contribution >= 4 is 30.0 Å². The van der Waals surface area contributed by atoms with Crippen LogP contribution in [0.15, 0.2) is 48.5 Å². The summed E-state index contributed by atoms with van der Waals surface area (Å²) in [6.45, 7) is 16.4. The van der Waals surface area contributed by atoms with E-state index in [-0.39, 0.29) is 24.5 Å². The number of esters is 4. The smallest absolute Gasteiger partial charge is 0.408 e. The van der Waals surface area contributed by atoms with Crippen LogP contribution < -0.4 is 14.8 Å². The summed E-state index contributed by atoms with van der Waals surface area (Å²) in [5, 5.41) is 2.53. The summed E-state index contributed by atoms with van der Waals surface area (Å²) in [7, 11) is 0. The lowest BCUT2D eigenvalue weighted by atomic mass is 9.97. The number of ether oxygens (including phenoxy) is 5. The summed E-state index contributed by atoms with van der Waals surface area (Å²) in [5.74, 6) is -2.53. The molecule has 2 aromatic rings. The predicted molar refractivity (Wildman–Crippen MR) is 166 cm³/mol. The highest BCUT2D eigenvalue weighted by molar-refractivity contribution is 5.89. The fourth-order valence-electron chi connectivity index (χ4n) is 3.39. The molecular weight excluding hydrogens is 582 g/mol. The van der Waals surface area contributed by atoms with Crippen molar-refractivity contribution < 1.29 is 47.7 Å². The highest BCUT2D eigenvalue weighted by Crippen LogP contribution is 2.33. The maximum Gasteiger partial charge on any atom is 0.408 e. The van der Waals surface area contributed by atoms with Gasteiger partial charge in [-0.3, -0.25) is 9.59 Å². The zero-order valence-electron chi connectivity index (χ0n) is 27.8. The fourth-order valence-corrected chi connectivity index (χ4v) is 3.39. The molecule has 0 unspecified atom stereocenters. The second kappa shape index (κ2) is 15.0. The highest BCUT2D eigenvalue weighted by atomic mass is 16.6. The Labute approximate surface area is 264 Å². The Balaban J connectivity index is 2.30. The van der Waals surface area contributed by atoms with E-state index in [4.69, 9.17) is 23.7 Å². The number of carbonyl (C=O) groups is 5. The number of amides is 1. The molecule has 0 aromatic heterocycles. The van der Waals surface area contributed by atoms with E-state index in [0.717, 1.165) is 0 Å².